The van der Waals surface area contributed by atoms with Gasteiger partial charge in [0.25, 0.3) is 0 Å². The zero-order chi connectivity index (χ0) is 15.5. The number of hydrogen-bond acceptors (Lipinski definition) is 4. The van der Waals surface area contributed by atoms with Crippen LogP contribution in [0.25, 0.3) is 10.2 Å². The van der Waals surface area contributed by atoms with Gasteiger partial charge >= 0.3 is 0 Å². The van der Waals surface area contributed by atoms with Crippen LogP contribution in [0.4, 0.5) is 9.52 Å². The molecule has 1 aromatic heterocycles. The largest absolute Gasteiger partial charge is 0.302 e. The second-order valence-electron chi connectivity index (χ2n) is 4.70. The van der Waals surface area contributed by atoms with E-state index >= 15 is 0 Å². The summed E-state index contributed by atoms with van der Waals surface area (Å²) in [7, 11) is 0. The fourth-order valence-electron chi connectivity index (χ4n) is 2.04. The van der Waals surface area contributed by atoms with Crippen molar-refractivity contribution in [2.45, 2.75) is 11.3 Å². The number of nitrogens with one attached hydrogen (secondary N) is 1. The lowest BCUT2D eigenvalue weighted by molar-refractivity contribution is -0.115. The van der Waals surface area contributed by atoms with E-state index in [2.05, 4.69) is 16.4 Å². The van der Waals surface area contributed by atoms with Crippen molar-refractivity contribution in [1.29, 1.82) is 0 Å². The number of aromatic nitrogens is 1. The molecular weight excluding hydrogens is 319 g/mol. The number of nitrogens with zero attached hydrogens (tertiary/aromatic N) is 1. The molecule has 0 aliphatic carbocycles. The lowest BCUT2D eigenvalue weighted by atomic mass is 10.1. The first-order valence-electron chi connectivity index (χ1n) is 6.63. The minimum Gasteiger partial charge on any atom is -0.302 e. The Bertz CT molecular complexity index is 815. The van der Waals surface area contributed by atoms with Gasteiger partial charge in [-0.3, -0.25) is 4.79 Å². The van der Waals surface area contributed by atoms with Crippen LogP contribution in [0.3, 0.4) is 0 Å². The highest BCUT2D eigenvalue weighted by Crippen LogP contribution is 2.29. The van der Waals surface area contributed by atoms with Crippen LogP contribution in [0.2, 0.25) is 0 Å². The molecule has 0 radical (unpaired) electrons. The third kappa shape index (κ3) is 3.45. The standard InChI is InChI=1S/C16H13FN2OS2/c1-21-12-6-7-13-14(9-12)22-16(18-13)19-15(20)8-10-2-4-11(17)5-3-10/h2-7,9H,8H2,1H3,(H,18,19,20). The molecule has 1 amide bonds. The summed E-state index contributed by atoms with van der Waals surface area (Å²) in [6.45, 7) is 0. The van der Waals surface area contributed by atoms with E-state index in [1.54, 1.807) is 23.9 Å². The predicted molar refractivity (Wildman–Crippen MR) is 90.1 cm³/mol. The van der Waals surface area contributed by atoms with Gasteiger partial charge in [-0.05, 0) is 42.2 Å². The lowest BCUT2D eigenvalue weighted by Gasteiger charge is -2.01. The van der Waals surface area contributed by atoms with Gasteiger partial charge in [-0.25, -0.2) is 9.37 Å². The lowest BCUT2D eigenvalue weighted by Crippen LogP contribution is -2.14. The molecule has 3 aromatic rings. The van der Waals surface area contributed by atoms with Gasteiger partial charge in [0, 0.05) is 4.90 Å². The number of rotatable bonds is 4. The average Bonchev–Trinajstić information content (AvgIpc) is 2.90. The van der Waals surface area contributed by atoms with Crippen LogP contribution in [-0.4, -0.2) is 17.1 Å². The normalized spacial score (nSPS) is 10.8. The predicted octanol–water partition coefficient (Wildman–Crippen LogP) is 4.34. The number of fused-ring (bicyclic) bond motifs is 1. The minimum absolute atomic E-state index is 0.157. The maximum Gasteiger partial charge on any atom is 0.230 e. The number of halogens is 1. The van der Waals surface area contributed by atoms with Crippen molar-refractivity contribution in [2.75, 3.05) is 11.6 Å². The summed E-state index contributed by atoms with van der Waals surface area (Å²) in [4.78, 5) is 17.6. The van der Waals surface area contributed by atoms with Gasteiger partial charge in [-0.2, -0.15) is 0 Å². The molecular formula is C16H13FN2OS2. The summed E-state index contributed by atoms with van der Waals surface area (Å²) < 4.78 is 13.9. The van der Waals surface area contributed by atoms with Gasteiger partial charge in [0.05, 0.1) is 16.6 Å². The van der Waals surface area contributed by atoms with E-state index in [0.717, 1.165) is 15.8 Å². The number of carbonyl (C=O) groups excluding carboxylic acids is 1. The van der Waals surface area contributed by atoms with Crippen LogP contribution in [0.15, 0.2) is 47.4 Å². The third-order valence-electron chi connectivity index (χ3n) is 3.12. The molecule has 0 spiro atoms. The molecule has 112 valence electrons. The highest BCUT2D eigenvalue weighted by Gasteiger charge is 2.09. The van der Waals surface area contributed by atoms with Crippen molar-refractivity contribution in [3.63, 3.8) is 0 Å². The summed E-state index contributed by atoms with van der Waals surface area (Å²) in [5.41, 5.74) is 1.64. The molecule has 0 bridgehead atoms. The summed E-state index contributed by atoms with van der Waals surface area (Å²) in [5, 5.41) is 3.38. The monoisotopic (exact) mass is 332 g/mol. The summed E-state index contributed by atoms with van der Waals surface area (Å²) in [6, 6.07) is 11.9. The molecule has 0 saturated carbocycles. The van der Waals surface area contributed by atoms with Gasteiger partial charge in [0.2, 0.25) is 5.91 Å². The van der Waals surface area contributed by atoms with Gasteiger partial charge in [0.15, 0.2) is 5.13 Å². The Labute approximate surface area is 135 Å². The van der Waals surface area contributed by atoms with Crippen LogP contribution in [0.5, 0.6) is 0 Å². The molecule has 0 fully saturated rings. The van der Waals surface area contributed by atoms with Crippen molar-refractivity contribution in [3.05, 3.63) is 53.8 Å². The van der Waals surface area contributed by atoms with Gasteiger partial charge in [0.1, 0.15) is 5.82 Å². The number of thioether (sulfide) groups is 1. The molecule has 2 aromatic carbocycles. The minimum atomic E-state index is -0.306. The van der Waals surface area contributed by atoms with Crippen molar-refractivity contribution in [3.8, 4) is 0 Å². The van der Waals surface area contributed by atoms with Crippen molar-refractivity contribution in [2.24, 2.45) is 0 Å². The number of thiazole rings is 1. The van der Waals surface area contributed by atoms with E-state index in [0.29, 0.717) is 5.13 Å². The van der Waals surface area contributed by atoms with Crippen molar-refractivity contribution in [1.82, 2.24) is 4.98 Å². The number of benzene rings is 2. The number of amides is 1. The quantitative estimate of drug-likeness (QED) is 0.723. The first-order valence-corrected chi connectivity index (χ1v) is 8.67. The van der Waals surface area contributed by atoms with E-state index < -0.39 is 0 Å². The number of hydrogen-bond donors (Lipinski definition) is 1. The first-order chi connectivity index (χ1) is 10.6. The molecule has 0 aliphatic rings. The van der Waals surface area contributed by atoms with Gasteiger partial charge in [-0.15, -0.1) is 11.8 Å². The van der Waals surface area contributed by atoms with E-state index in [4.69, 9.17) is 0 Å². The Balaban J connectivity index is 1.72. The Hall–Kier alpha value is -1.92. The summed E-state index contributed by atoms with van der Waals surface area (Å²) in [5.74, 6) is -0.462. The van der Waals surface area contributed by atoms with Crippen LogP contribution in [0, 0.1) is 5.82 Å². The molecule has 1 N–H and O–H groups in total. The molecule has 0 unspecified atom stereocenters. The van der Waals surface area contributed by atoms with Crippen molar-refractivity contribution < 1.29 is 9.18 Å². The van der Waals surface area contributed by atoms with E-state index in [1.807, 2.05) is 18.4 Å². The third-order valence-corrected chi connectivity index (χ3v) is 4.78. The van der Waals surface area contributed by atoms with Crippen LogP contribution >= 0.6 is 23.1 Å². The van der Waals surface area contributed by atoms with E-state index in [1.165, 1.54) is 28.4 Å². The van der Waals surface area contributed by atoms with Gasteiger partial charge < -0.3 is 5.32 Å². The first kappa shape index (κ1) is 15.0. The zero-order valence-corrected chi connectivity index (χ0v) is 13.4. The van der Waals surface area contributed by atoms with E-state index in [9.17, 15) is 9.18 Å². The van der Waals surface area contributed by atoms with Crippen LogP contribution in [-0.2, 0) is 11.2 Å². The van der Waals surface area contributed by atoms with Crippen LogP contribution < -0.4 is 5.32 Å². The maximum absolute atomic E-state index is 12.8. The molecule has 0 aliphatic heterocycles. The van der Waals surface area contributed by atoms with E-state index in [-0.39, 0.29) is 18.1 Å². The SMILES string of the molecule is CSc1ccc2nc(NC(=O)Cc3ccc(F)cc3)sc2c1. The fourth-order valence-corrected chi connectivity index (χ4v) is 3.47. The number of anilines is 1. The molecule has 6 heteroatoms. The molecule has 0 saturated heterocycles. The maximum atomic E-state index is 12.8. The number of carbonyl (C=O) groups is 1. The molecule has 3 rings (SSSR count). The summed E-state index contributed by atoms with van der Waals surface area (Å²) in [6.07, 6.45) is 2.22. The van der Waals surface area contributed by atoms with Crippen LogP contribution in [0.1, 0.15) is 5.56 Å². The Kier molecular flexibility index (Phi) is 4.40. The second-order valence-corrected chi connectivity index (χ2v) is 6.61. The molecule has 0 atom stereocenters. The Morgan fingerprint density at radius 2 is 2.05 bits per heavy atom. The smallest absolute Gasteiger partial charge is 0.230 e. The molecule has 1 heterocycles. The molecule has 3 nitrogen and oxygen atoms in total. The Morgan fingerprint density at radius 3 is 2.77 bits per heavy atom. The van der Waals surface area contributed by atoms with Crippen molar-refractivity contribution >= 4 is 44.4 Å². The van der Waals surface area contributed by atoms with Gasteiger partial charge in [-0.1, -0.05) is 23.5 Å². The average molecular weight is 332 g/mol. The zero-order valence-electron chi connectivity index (χ0n) is 11.8. The Morgan fingerprint density at radius 1 is 1.27 bits per heavy atom. The fraction of sp³-hybridized carbons (Fsp3) is 0.125. The topological polar surface area (TPSA) is 42.0 Å². The molecule has 22 heavy (non-hydrogen) atoms. The highest BCUT2D eigenvalue weighted by molar-refractivity contribution is 7.98. The second kappa shape index (κ2) is 6.46. The summed E-state index contributed by atoms with van der Waals surface area (Å²) >= 11 is 3.12. The highest BCUT2D eigenvalue weighted by atomic mass is 32.2.